The highest BCUT2D eigenvalue weighted by Gasteiger charge is 2.14. The number of primary sulfonamides is 1. The van der Waals surface area contributed by atoms with Crippen LogP contribution in [0.4, 0.5) is 5.69 Å². The lowest BCUT2D eigenvalue weighted by molar-refractivity contribution is -0.384. The second-order valence-electron chi connectivity index (χ2n) is 5.28. The summed E-state index contributed by atoms with van der Waals surface area (Å²) in [6.07, 6.45) is 0. The fraction of sp³-hybridized carbons (Fsp3) is 0. The Morgan fingerprint density at radius 3 is 2.23 bits per heavy atom. The molecule has 0 fully saturated rings. The fourth-order valence-corrected chi connectivity index (χ4v) is 2.88. The molecule has 0 bridgehead atoms. The minimum atomic E-state index is -3.82. The van der Waals surface area contributed by atoms with Gasteiger partial charge >= 0.3 is 0 Å². The van der Waals surface area contributed by atoms with Crippen LogP contribution in [0.1, 0.15) is 5.69 Å². The molecule has 130 valence electrons. The molecule has 0 aliphatic heterocycles. The summed E-state index contributed by atoms with van der Waals surface area (Å²) in [5.41, 5.74) is 1.74. The molecule has 0 saturated heterocycles. The molecule has 2 aromatic carbocycles. The van der Waals surface area contributed by atoms with Crippen molar-refractivity contribution >= 4 is 15.7 Å². The van der Waals surface area contributed by atoms with Gasteiger partial charge in [0.25, 0.3) is 5.69 Å². The van der Waals surface area contributed by atoms with Crippen molar-refractivity contribution in [3.63, 3.8) is 0 Å². The van der Waals surface area contributed by atoms with Gasteiger partial charge in [-0.2, -0.15) is 10.4 Å². The van der Waals surface area contributed by atoms with Crippen LogP contribution in [-0.4, -0.2) is 23.1 Å². The number of nitriles is 1. The lowest BCUT2D eigenvalue weighted by Gasteiger charge is -2.08. The lowest BCUT2D eigenvalue weighted by atomic mass is 10.1. The molecule has 0 saturated carbocycles. The molecule has 3 rings (SSSR count). The van der Waals surface area contributed by atoms with Crippen LogP contribution in [0.25, 0.3) is 16.9 Å². The summed E-state index contributed by atoms with van der Waals surface area (Å²) in [6, 6.07) is 14.9. The third-order valence-electron chi connectivity index (χ3n) is 3.61. The van der Waals surface area contributed by atoms with Gasteiger partial charge in [0.1, 0.15) is 6.07 Å². The number of nitrogens with zero attached hydrogens (tertiary/aromatic N) is 4. The van der Waals surface area contributed by atoms with Crippen LogP contribution in [0.15, 0.2) is 59.5 Å². The van der Waals surface area contributed by atoms with Crippen LogP contribution in [0.3, 0.4) is 0 Å². The summed E-state index contributed by atoms with van der Waals surface area (Å²) in [5, 5.41) is 29.2. The van der Waals surface area contributed by atoms with Crippen molar-refractivity contribution in [2.45, 2.75) is 4.90 Å². The number of aromatic nitrogens is 2. The number of non-ortho nitro benzene ring substituents is 1. The summed E-state index contributed by atoms with van der Waals surface area (Å²) in [5.74, 6) is 0. The Labute approximate surface area is 148 Å². The number of benzene rings is 2. The molecule has 0 amide bonds. The maximum Gasteiger partial charge on any atom is 0.269 e. The molecule has 0 aliphatic carbocycles. The summed E-state index contributed by atoms with van der Waals surface area (Å²) in [6.45, 7) is 0. The molecule has 0 unspecified atom stereocenters. The van der Waals surface area contributed by atoms with Crippen molar-refractivity contribution in [2.24, 2.45) is 5.14 Å². The normalized spacial score (nSPS) is 11.1. The first-order valence-electron chi connectivity index (χ1n) is 7.18. The molecular formula is C16H11N5O4S. The standard InChI is InChI=1S/C16H11N5O4S/c17-10-12-9-16(11-1-3-14(4-2-11)21(22)23)20(19-12)13-5-7-15(8-6-13)26(18,24)25/h1-9H,(H2,18,24,25). The second-order valence-corrected chi connectivity index (χ2v) is 6.84. The van der Waals surface area contributed by atoms with Crippen LogP contribution < -0.4 is 5.14 Å². The van der Waals surface area contributed by atoms with Gasteiger partial charge in [0.2, 0.25) is 10.0 Å². The number of nitro benzene ring substituents is 1. The molecule has 26 heavy (non-hydrogen) atoms. The smallest absolute Gasteiger partial charge is 0.258 e. The maximum absolute atomic E-state index is 11.4. The zero-order valence-electron chi connectivity index (χ0n) is 13.1. The van der Waals surface area contributed by atoms with Gasteiger partial charge in [-0.25, -0.2) is 18.2 Å². The number of rotatable bonds is 4. The van der Waals surface area contributed by atoms with Crippen molar-refractivity contribution < 1.29 is 13.3 Å². The van der Waals surface area contributed by atoms with E-state index >= 15 is 0 Å². The highest BCUT2D eigenvalue weighted by Crippen LogP contribution is 2.26. The lowest BCUT2D eigenvalue weighted by Crippen LogP contribution is -2.12. The predicted molar refractivity (Wildman–Crippen MR) is 91.7 cm³/mol. The molecule has 9 nitrogen and oxygen atoms in total. The number of hydrogen-bond acceptors (Lipinski definition) is 6. The van der Waals surface area contributed by atoms with Crippen molar-refractivity contribution in [3.05, 3.63) is 70.4 Å². The van der Waals surface area contributed by atoms with E-state index in [4.69, 9.17) is 10.4 Å². The number of nitrogens with two attached hydrogens (primary N) is 1. The van der Waals surface area contributed by atoms with Gasteiger partial charge < -0.3 is 0 Å². The Kier molecular flexibility index (Phi) is 4.25. The van der Waals surface area contributed by atoms with Crippen molar-refractivity contribution in [1.82, 2.24) is 9.78 Å². The zero-order chi connectivity index (χ0) is 18.9. The zero-order valence-corrected chi connectivity index (χ0v) is 13.9. The first-order chi connectivity index (χ1) is 12.3. The predicted octanol–water partition coefficient (Wildman–Crippen LogP) is 1.97. The van der Waals surface area contributed by atoms with E-state index in [1.54, 1.807) is 12.1 Å². The van der Waals surface area contributed by atoms with Gasteiger partial charge in [0.05, 0.1) is 21.2 Å². The molecule has 0 spiro atoms. The second kappa shape index (κ2) is 6.40. The topological polar surface area (TPSA) is 145 Å². The maximum atomic E-state index is 11.4. The van der Waals surface area contributed by atoms with Gasteiger partial charge in [-0.05, 0) is 36.4 Å². The van der Waals surface area contributed by atoms with Gasteiger partial charge in [-0.15, -0.1) is 0 Å². The van der Waals surface area contributed by atoms with E-state index in [0.717, 1.165) is 0 Å². The quantitative estimate of drug-likeness (QED) is 0.549. The van der Waals surface area contributed by atoms with Crippen LogP contribution in [-0.2, 0) is 10.0 Å². The molecular weight excluding hydrogens is 358 g/mol. The van der Waals surface area contributed by atoms with Crippen molar-refractivity contribution in [1.29, 1.82) is 5.26 Å². The molecule has 10 heteroatoms. The molecule has 0 aliphatic rings. The molecule has 2 N–H and O–H groups in total. The summed E-state index contributed by atoms with van der Waals surface area (Å²) >= 11 is 0. The van der Waals surface area contributed by atoms with Gasteiger partial charge in [-0.1, -0.05) is 0 Å². The summed E-state index contributed by atoms with van der Waals surface area (Å²) in [7, 11) is -3.82. The minimum Gasteiger partial charge on any atom is -0.258 e. The van der Waals surface area contributed by atoms with E-state index in [2.05, 4.69) is 5.10 Å². The Morgan fingerprint density at radius 1 is 1.12 bits per heavy atom. The Hall–Kier alpha value is -3.55. The molecule has 3 aromatic rings. The third-order valence-corrected chi connectivity index (χ3v) is 4.54. The molecule has 1 aromatic heterocycles. The van der Waals surface area contributed by atoms with Gasteiger partial charge in [-0.3, -0.25) is 10.1 Å². The third kappa shape index (κ3) is 3.30. The monoisotopic (exact) mass is 369 g/mol. The van der Waals surface area contributed by atoms with Crippen LogP contribution >= 0.6 is 0 Å². The largest absolute Gasteiger partial charge is 0.269 e. The van der Waals surface area contributed by atoms with E-state index in [1.165, 1.54) is 47.1 Å². The fourth-order valence-electron chi connectivity index (χ4n) is 2.37. The number of nitro groups is 1. The van der Waals surface area contributed by atoms with Crippen LogP contribution in [0.2, 0.25) is 0 Å². The Bertz CT molecular complexity index is 1130. The van der Waals surface area contributed by atoms with E-state index in [-0.39, 0.29) is 16.3 Å². The molecule has 0 atom stereocenters. The van der Waals surface area contributed by atoms with Crippen molar-refractivity contribution in [2.75, 3.05) is 0 Å². The first kappa shape index (κ1) is 17.3. The summed E-state index contributed by atoms with van der Waals surface area (Å²) < 4.78 is 24.2. The van der Waals surface area contributed by atoms with Gasteiger partial charge in [0, 0.05) is 23.8 Å². The van der Waals surface area contributed by atoms with Gasteiger partial charge in [0.15, 0.2) is 5.69 Å². The average Bonchev–Trinajstić information content (AvgIpc) is 3.05. The van der Waals surface area contributed by atoms with E-state index in [1.807, 2.05) is 6.07 Å². The summed E-state index contributed by atoms with van der Waals surface area (Å²) in [4.78, 5) is 10.2. The van der Waals surface area contributed by atoms with Crippen LogP contribution in [0, 0.1) is 21.4 Å². The Morgan fingerprint density at radius 2 is 1.73 bits per heavy atom. The van der Waals surface area contributed by atoms with E-state index in [9.17, 15) is 18.5 Å². The Balaban J connectivity index is 2.10. The molecule has 0 radical (unpaired) electrons. The van der Waals surface area contributed by atoms with Crippen LogP contribution in [0.5, 0.6) is 0 Å². The van der Waals surface area contributed by atoms with E-state index in [0.29, 0.717) is 16.9 Å². The highest BCUT2D eigenvalue weighted by atomic mass is 32.2. The minimum absolute atomic E-state index is 0.0502. The van der Waals surface area contributed by atoms with Crippen molar-refractivity contribution in [3.8, 4) is 23.0 Å². The number of hydrogen-bond donors (Lipinski definition) is 1. The SMILES string of the molecule is N#Cc1cc(-c2ccc([N+](=O)[O-])cc2)n(-c2ccc(S(N)(=O)=O)cc2)n1. The first-order valence-corrected chi connectivity index (χ1v) is 8.72. The number of sulfonamides is 1. The average molecular weight is 369 g/mol. The highest BCUT2D eigenvalue weighted by molar-refractivity contribution is 7.89. The molecule has 1 heterocycles. The van der Waals surface area contributed by atoms with E-state index < -0.39 is 14.9 Å².